The fourth-order valence-corrected chi connectivity index (χ4v) is 2.84. The highest BCUT2D eigenvalue weighted by Crippen LogP contribution is 2.21. The first-order valence-corrected chi connectivity index (χ1v) is 8.26. The number of hydrogen-bond acceptors (Lipinski definition) is 6. The molecule has 0 amide bonds. The van der Waals surface area contributed by atoms with E-state index in [1.54, 1.807) is 11.8 Å². The Morgan fingerprint density at radius 1 is 1.04 bits per heavy atom. The fraction of sp³-hybridized carbons (Fsp3) is 0.0625. The summed E-state index contributed by atoms with van der Waals surface area (Å²) in [5, 5.41) is 13.1. The minimum Gasteiger partial charge on any atom is -0.380 e. The van der Waals surface area contributed by atoms with Crippen molar-refractivity contribution in [2.45, 2.75) is 4.90 Å². The molecule has 0 bridgehead atoms. The quantitative estimate of drug-likeness (QED) is 0.643. The van der Waals surface area contributed by atoms with Gasteiger partial charge >= 0.3 is 0 Å². The highest BCUT2D eigenvalue weighted by atomic mass is 35.5. The van der Waals surface area contributed by atoms with Crippen LogP contribution in [0.1, 0.15) is 0 Å². The number of hydrazone groups is 1. The molecule has 2 aromatic rings. The molecule has 5 nitrogen and oxygen atoms in total. The fourth-order valence-electron chi connectivity index (χ4n) is 1.89. The third-order valence-corrected chi connectivity index (χ3v) is 4.33. The van der Waals surface area contributed by atoms with Gasteiger partial charge in [-0.3, -0.25) is 5.43 Å². The standard InChI is InChI=1S/C16H14ClN5S/c17-11-6-8-13(9-7-11)23-10-14-15(16(18)22-20-14)21-19-12-4-2-1-3-5-12/h1-9,19H,10H2,(H2,18,21,22). The number of nitrogens with one attached hydrogen (secondary N) is 1. The van der Waals surface area contributed by atoms with Gasteiger partial charge in [-0.1, -0.05) is 29.8 Å². The zero-order chi connectivity index (χ0) is 16.1. The Bertz CT molecular complexity index is 769. The average molecular weight is 344 g/mol. The van der Waals surface area contributed by atoms with E-state index in [0.717, 1.165) is 21.3 Å². The molecule has 3 N–H and O–H groups in total. The Labute approximate surface area is 143 Å². The van der Waals surface area contributed by atoms with Gasteiger partial charge in [-0.05, 0) is 36.4 Å². The Morgan fingerprint density at radius 2 is 1.78 bits per heavy atom. The molecule has 0 aromatic heterocycles. The third kappa shape index (κ3) is 4.12. The monoisotopic (exact) mass is 343 g/mol. The zero-order valence-corrected chi connectivity index (χ0v) is 13.7. The summed E-state index contributed by atoms with van der Waals surface area (Å²) < 4.78 is 0. The lowest BCUT2D eigenvalue weighted by molar-refractivity contribution is 1.25. The van der Waals surface area contributed by atoms with Gasteiger partial charge in [0.15, 0.2) is 11.5 Å². The summed E-state index contributed by atoms with van der Waals surface area (Å²) in [6.45, 7) is 0. The van der Waals surface area contributed by atoms with Crippen LogP contribution >= 0.6 is 23.4 Å². The second kappa shape index (κ2) is 7.30. The minimum atomic E-state index is 0.320. The summed E-state index contributed by atoms with van der Waals surface area (Å²) in [6, 6.07) is 17.3. The maximum Gasteiger partial charge on any atom is 0.175 e. The topological polar surface area (TPSA) is 75.1 Å². The summed E-state index contributed by atoms with van der Waals surface area (Å²) >= 11 is 7.51. The number of benzene rings is 2. The maximum absolute atomic E-state index is 5.89. The van der Waals surface area contributed by atoms with Crippen molar-refractivity contribution in [2.24, 2.45) is 21.0 Å². The van der Waals surface area contributed by atoms with Crippen molar-refractivity contribution < 1.29 is 0 Å². The molecule has 0 saturated heterocycles. The average Bonchev–Trinajstić information content (AvgIpc) is 2.93. The predicted molar refractivity (Wildman–Crippen MR) is 98.7 cm³/mol. The maximum atomic E-state index is 5.89. The van der Waals surface area contributed by atoms with E-state index in [0.29, 0.717) is 17.3 Å². The van der Waals surface area contributed by atoms with E-state index in [2.05, 4.69) is 20.7 Å². The Hall–Kier alpha value is -2.31. The molecule has 0 fully saturated rings. The molecule has 3 rings (SSSR count). The number of hydrogen-bond donors (Lipinski definition) is 2. The van der Waals surface area contributed by atoms with Crippen molar-refractivity contribution in [3.8, 4) is 0 Å². The van der Waals surface area contributed by atoms with Crippen LogP contribution in [-0.2, 0) is 0 Å². The predicted octanol–water partition coefficient (Wildman–Crippen LogP) is 3.63. The highest BCUT2D eigenvalue weighted by molar-refractivity contribution is 8.00. The molecule has 2 aromatic carbocycles. The van der Waals surface area contributed by atoms with E-state index in [4.69, 9.17) is 17.3 Å². The molecule has 0 spiro atoms. The van der Waals surface area contributed by atoms with Crippen molar-refractivity contribution in [3.63, 3.8) is 0 Å². The van der Waals surface area contributed by atoms with Crippen molar-refractivity contribution in [1.82, 2.24) is 0 Å². The Morgan fingerprint density at radius 3 is 2.52 bits per heavy atom. The van der Waals surface area contributed by atoms with Crippen LogP contribution < -0.4 is 11.2 Å². The van der Waals surface area contributed by atoms with Gasteiger partial charge in [-0.2, -0.15) is 10.2 Å². The van der Waals surface area contributed by atoms with Crippen LogP contribution in [0.2, 0.25) is 5.02 Å². The second-order valence-electron chi connectivity index (χ2n) is 4.71. The number of para-hydroxylation sites is 1. The smallest absolute Gasteiger partial charge is 0.175 e. The Kier molecular flexibility index (Phi) is 4.95. The van der Waals surface area contributed by atoms with Crippen molar-refractivity contribution in [3.05, 3.63) is 59.6 Å². The van der Waals surface area contributed by atoms with Gasteiger partial charge in [0.2, 0.25) is 0 Å². The number of rotatable bonds is 5. The number of amidine groups is 1. The normalized spacial score (nSPS) is 15.4. The van der Waals surface area contributed by atoms with Gasteiger partial charge in [0.25, 0.3) is 0 Å². The van der Waals surface area contributed by atoms with Gasteiger partial charge in [0.1, 0.15) is 5.71 Å². The number of anilines is 1. The molecule has 0 unspecified atom stereocenters. The van der Waals surface area contributed by atoms with Crippen molar-refractivity contribution in [1.29, 1.82) is 0 Å². The third-order valence-electron chi connectivity index (χ3n) is 3.05. The first kappa shape index (κ1) is 15.6. The molecule has 23 heavy (non-hydrogen) atoms. The van der Waals surface area contributed by atoms with Crippen molar-refractivity contribution in [2.75, 3.05) is 11.2 Å². The molecular formula is C16H14ClN5S. The van der Waals surface area contributed by atoms with E-state index >= 15 is 0 Å². The summed E-state index contributed by atoms with van der Waals surface area (Å²) in [4.78, 5) is 1.10. The number of thioether (sulfide) groups is 1. The Balaban J connectivity index is 1.66. The van der Waals surface area contributed by atoms with E-state index in [9.17, 15) is 0 Å². The summed E-state index contributed by atoms with van der Waals surface area (Å²) in [6.07, 6.45) is 0. The first-order valence-electron chi connectivity index (χ1n) is 6.90. The molecule has 1 aliphatic rings. The lowest BCUT2D eigenvalue weighted by Gasteiger charge is -2.05. The largest absolute Gasteiger partial charge is 0.380 e. The van der Waals surface area contributed by atoms with Crippen LogP contribution in [0.4, 0.5) is 5.69 Å². The first-order chi connectivity index (χ1) is 11.2. The SMILES string of the molecule is NC1=NN=C(CSc2ccc(Cl)cc2)/C1=N\Nc1ccccc1. The summed E-state index contributed by atoms with van der Waals surface area (Å²) in [7, 11) is 0. The summed E-state index contributed by atoms with van der Waals surface area (Å²) in [5.74, 6) is 0.946. The van der Waals surface area contributed by atoms with Crippen LogP contribution in [0.5, 0.6) is 0 Å². The minimum absolute atomic E-state index is 0.320. The van der Waals surface area contributed by atoms with E-state index in [-0.39, 0.29) is 0 Å². The van der Waals surface area contributed by atoms with Crippen LogP contribution in [-0.4, -0.2) is 23.0 Å². The highest BCUT2D eigenvalue weighted by Gasteiger charge is 2.20. The van der Waals surface area contributed by atoms with Gasteiger partial charge in [-0.15, -0.1) is 16.9 Å². The molecule has 7 heteroatoms. The lowest BCUT2D eigenvalue weighted by Crippen LogP contribution is -2.29. The molecule has 0 aliphatic carbocycles. The number of halogens is 1. The number of nitrogens with zero attached hydrogens (tertiary/aromatic N) is 3. The lowest BCUT2D eigenvalue weighted by atomic mass is 10.2. The molecular weight excluding hydrogens is 330 g/mol. The molecule has 0 radical (unpaired) electrons. The van der Waals surface area contributed by atoms with Gasteiger partial charge in [0, 0.05) is 15.7 Å². The van der Waals surface area contributed by atoms with E-state index in [1.165, 1.54) is 0 Å². The second-order valence-corrected chi connectivity index (χ2v) is 6.20. The van der Waals surface area contributed by atoms with Gasteiger partial charge in [0.05, 0.1) is 5.69 Å². The van der Waals surface area contributed by atoms with Crippen LogP contribution in [0, 0.1) is 0 Å². The molecule has 0 saturated carbocycles. The van der Waals surface area contributed by atoms with E-state index < -0.39 is 0 Å². The summed E-state index contributed by atoms with van der Waals surface area (Å²) in [5.41, 5.74) is 11.0. The van der Waals surface area contributed by atoms with Crippen LogP contribution in [0.25, 0.3) is 0 Å². The van der Waals surface area contributed by atoms with Crippen molar-refractivity contribution >= 4 is 46.3 Å². The van der Waals surface area contributed by atoms with Crippen LogP contribution in [0.15, 0.2) is 74.8 Å². The van der Waals surface area contributed by atoms with Crippen LogP contribution in [0.3, 0.4) is 0 Å². The van der Waals surface area contributed by atoms with E-state index in [1.807, 2.05) is 54.6 Å². The molecule has 1 heterocycles. The molecule has 1 aliphatic heterocycles. The molecule has 116 valence electrons. The van der Waals surface area contributed by atoms with Gasteiger partial charge < -0.3 is 5.73 Å². The number of nitrogens with two attached hydrogens (primary N) is 1. The molecule has 0 atom stereocenters. The zero-order valence-electron chi connectivity index (χ0n) is 12.1. The van der Waals surface area contributed by atoms with Gasteiger partial charge in [-0.25, -0.2) is 0 Å².